The largest absolute Gasteiger partial charge is 0.357 e. The summed E-state index contributed by atoms with van der Waals surface area (Å²) in [5, 5.41) is 7.34. The molecule has 0 aliphatic rings. The van der Waals surface area contributed by atoms with Gasteiger partial charge < -0.3 is 14.7 Å². The molecule has 0 saturated heterocycles. The Morgan fingerprint density at radius 2 is 1.88 bits per heavy atom. The molecule has 0 aliphatic carbocycles. The molecule has 2 aromatic rings. The molecule has 1 N–H and O–H groups in total. The number of hydrogen-bond acceptors (Lipinski definition) is 4. The summed E-state index contributed by atoms with van der Waals surface area (Å²) in [6, 6.07) is 8.54. The molecule has 1 heterocycles. The fraction of sp³-hybridized carbons (Fsp3) is 0.526. The maximum absolute atomic E-state index is 5.32. The molecule has 1 aromatic heterocycles. The second-order valence-electron chi connectivity index (χ2n) is 7.28. The van der Waals surface area contributed by atoms with Crippen LogP contribution in [0, 0.1) is 6.92 Å². The second kappa shape index (κ2) is 9.89. The van der Waals surface area contributed by atoms with Crippen LogP contribution in [0.1, 0.15) is 50.5 Å². The van der Waals surface area contributed by atoms with Crippen LogP contribution in [0.4, 0.5) is 0 Å². The van der Waals surface area contributed by atoms with Gasteiger partial charge in [0, 0.05) is 25.6 Å². The van der Waals surface area contributed by atoms with Gasteiger partial charge in [0.25, 0.3) is 0 Å². The molecule has 0 radical (unpaired) electrons. The molecule has 0 fully saturated rings. The number of guanidine groups is 1. The molecule has 7 heteroatoms. The molecular weight excluding hydrogens is 441 g/mol. The lowest BCUT2D eigenvalue weighted by Gasteiger charge is -2.22. The van der Waals surface area contributed by atoms with E-state index in [4.69, 9.17) is 4.52 Å². The molecule has 2 rings (SSSR count). The molecule has 144 valence electrons. The Bertz CT molecular complexity index is 703. The first kappa shape index (κ1) is 22.4. The van der Waals surface area contributed by atoms with E-state index in [1.54, 1.807) is 0 Å². The van der Waals surface area contributed by atoms with Gasteiger partial charge in [-0.1, -0.05) is 55.8 Å². The van der Waals surface area contributed by atoms with Crippen molar-refractivity contribution in [2.45, 2.75) is 53.1 Å². The molecular formula is C19H30IN5O. The van der Waals surface area contributed by atoms with Crippen LogP contribution in [0.25, 0.3) is 0 Å². The third-order valence-corrected chi connectivity index (χ3v) is 3.72. The molecule has 26 heavy (non-hydrogen) atoms. The van der Waals surface area contributed by atoms with Crippen molar-refractivity contribution < 1.29 is 4.52 Å². The number of benzene rings is 1. The van der Waals surface area contributed by atoms with E-state index in [1.165, 1.54) is 11.1 Å². The molecule has 0 saturated carbocycles. The Kier molecular flexibility index (Phi) is 8.52. The minimum Gasteiger partial charge on any atom is -0.357 e. The predicted octanol–water partition coefficient (Wildman–Crippen LogP) is 3.89. The van der Waals surface area contributed by atoms with Crippen molar-refractivity contribution in [3.8, 4) is 0 Å². The van der Waals surface area contributed by atoms with Crippen LogP contribution in [0.3, 0.4) is 0 Å². The standard InChI is InChI=1S/C19H29N5O.HI/c1-7-20-18(24(6)13-15-10-8-14(2)9-11-15)21-12-16-22-17(25-23-16)19(3,4)5;/h8-11H,7,12-13H2,1-6H3,(H,20,21);1H. The molecule has 0 unspecified atom stereocenters. The van der Waals surface area contributed by atoms with Gasteiger partial charge in [-0.2, -0.15) is 4.98 Å². The van der Waals surface area contributed by atoms with Crippen molar-refractivity contribution in [2.75, 3.05) is 13.6 Å². The van der Waals surface area contributed by atoms with Gasteiger partial charge in [0.1, 0.15) is 6.54 Å². The van der Waals surface area contributed by atoms with Crippen molar-refractivity contribution in [3.63, 3.8) is 0 Å². The lowest BCUT2D eigenvalue weighted by molar-refractivity contribution is 0.318. The van der Waals surface area contributed by atoms with Crippen molar-refractivity contribution in [2.24, 2.45) is 4.99 Å². The van der Waals surface area contributed by atoms with Crippen molar-refractivity contribution >= 4 is 29.9 Å². The lowest BCUT2D eigenvalue weighted by atomic mass is 9.97. The van der Waals surface area contributed by atoms with E-state index >= 15 is 0 Å². The van der Waals surface area contributed by atoms with Crippen molar-refractivity contribution in [1.82, 2.24) is 20.4 Å². The highest BCUT2D eigenvalue weighted by atomic mass is 127. The first-order valence-corrected chi connectivity index (χ1v) is 8.67. The van der Waals surface area contributed by atoms with E-state index in [1.807, 2.05) is 27.8 Å². The van der Waals surface area contributed by atoms with E-state index < -0.39 is 0 Å². The van der Waals surface area contributed by atoms with E-state index in [0.29, 0.717) is 18.3 Å². The van der Waals surface area contributed by atoms with E-state index in [0.717, 1.165) is 19.0 Å². The maximum atomic E-state index is 5.32. The monoisotopic (exact) mass is 471 g/mol. The number of hydrogen-bond donors (Lipinski definition) is 1. The molecule has 0 bridgehead atoms. The molecule has 0 amide bonds. The maximum Gasteiger partial charge on any atom is 0.232 e. The van der Waals surface area contributed by atoms with Gasteiger partial charge in [-0.05, 0) is 19.4 Å². The van der Waals surface area contributed by atoms with Gasteiger partial charge in [0.2, 0.25) is 5.89 Å². The van der Waals surface area contributed by atoms with Crippen LogP contribution >= 0.6 is 24.0 Å². The summed E-state index contributed by atoms with van der Waals surface area (Å²) in [5.41, 5.74) is 2.36. The zero-order valence-electron chi connectivity index (χ0n) is 16.5. The van der Waals surface area contributed by atoms with Crippen LogP contribution in [-0.2, 0) is 18.5 Å². The number of aromatic nitrogens is 2. The minimum atomic E-state index is -0.151. The van der Waals surface area contributed by atoms with Crippen molar-refractivity contribution in [1.29, 1.82) is 0 Å². The van der Waals surface area contributed by atoms with E-state index in [2.05, 4.69) is 63.5 Å². The summed E-state index contributed by atoms with van der Waals surface area (Å²) in [4.78, 5) is 11.2. The van der Waals surface area contributed by atoms with Crippen LogP contribution in [0.5, 0.6) is 0 Å². The zero-order valence-corrected chi connectivity index (χ0v) is 18.9. The number of halogens is 1. The molecule has 0 atom stereocenters. The summed E-state index contributed by atoms with van der Waals surface area (Å²) < 4.78 is 5.32. The molecule has 6 nitrogen and oxygen atoms in total. The SMILES string of the molecule is CCNC(=NCc1noc(C(C)(C)C)n1)N(C)Cc1ccc(C)cc1.I. The summed E-state index contributed by atoms with van der Waals surface area (Å²) in [7, 11) is 2.03. The normalized spacial score (nSPS) is 11.8. The average Bonchev–Trinajstić information content (AvgIpc) is 3.02. The number of nitrogens with one attached hydrogen (secondary N) is 1. The van der Waals surface area contributed by atoms with Gasteiger partial charge in [-0.25, -0.2) is 4.99 Å². The molecule has 0 spiro atoms. The van der Waals surface area contributed by atoms with Crippen LogP contribution in [0.2, 0.25) is 0 Å². The Labute approximate surface area is 173 Å². The summed E-state index contributed by atoms with van der Waals surface area (Å²) in [5.74, 6) is 2.06. The van der Waals surface area contributed by atoms with Gasteiger partial charge >= 0.3 is 0 Å². The number of rotatable bonds is 5. The lowest BCUT2D eigenvalue weighted by Crippen LogP contribution is -2.38. The highest BCUT2D eigenvalue weighted by Crippen LogP contribution is 2.19. The van der Waals surface area contributed by atoms with Gasteiger partial charge in [0.05, 0.1) is 0 Å². The number of aliphatic imine (C=N–C) groups is 1. The zero-order chi connectivity index (χ0) is 18.4. The van der Waals surface area contributed by atoms with Crippen LogP contribution < -0.4 is 5.32 Å². The summed E-state index contributed by atoms with van der Waals surface area (Å²) in [6.45, 7) is 12.3. The minimum absolute atomic E-state index is 0. The second-order valence-corrected chi connectivity index (χ2v) is 7.28. The van der Waals surface area contributed by atoms with E-state index in [-0.39, 0.29) is 29.4 Å². The topological polar surface area (TPSA) is 66.5 Å². The first-order valence-electron chi connectivity index (χ1n) is 8.67. The summed E-state index contributed by atoms with van der Waals surface area (Å²) in [6.07, 6.45) is 0. The predicted molar refractivity (Wildman–Crippen MR) is 116 cm³/mol. The highest BCUT2D eigenvalue weighted by molar-refractivity contribution is 14.0. The Morgan fingerprint density at radius 3 is 2.42 bits per heavy atom. The first-order chi connectivity index (χ1) is 11.8. The van der Waals surface area contributed by atoms with Gasteiger partial charge in [-0.15, -0.1) is 24.0 Å². The van der Waals surface area contributed by atoms with Crippen LogP contribution in [0.15, 0.2) is 33.8 Å². The quantitative estimate of drug-likeness (QED) is 0.407. The Hall–Kier alpha value is -1.64. The Morgan fingerprint density at radius 1 is 1.23 bits per heavy atom. The van der Waals surface area contributed by atoms with E-state index in [9.17, 15) is 0 Å². The fourth-order valence-electron chi connectivity index (χ4n) is 2.28. The van der Waals surface area contributed by atoms with Gasteiger partial charge in [0.15, 0.2) is 11.8 Å². The molecule has 1 aromatic carbocycles. The molecule has 0 aliphatic heterocycles. The number of nitrogens with zero attached hydrogens (tertiary/aromatic N) is 4. The fourth-order valence-corrected chi connectivity index (χ4v) is 2.28. The average molecular weight is 471 g/mol. The third-order valence-electron chi connectivity index (χ3n) is 3.72. The highest BCUT2D eigenvalue weighted by Gasteiger charge is 2.21. The van der Waals surface area contributed by atoms with Crippen molar-refractivity contribution in [3.05, 3.63) is 47.1 Å². The smallest absolute Gasteiger partial charge is 0.232 e. The third kappa shape index (κ3) is 6.59. The van der Waals surface area contributed by atoms with Gasteiger partial charge in [-0.3, -0.25) is 0 Å². The van der Waals surface area contributed by atoms with Crippen LogP contribution in [-0.4, -0.2) is 34.6 Å². The Balaban J connectivity index is 0.00000338. The summed E-state index contributed by atoms with van der Waals surface area (Å²) >= 11 is 0. The number of aryl methyl sites for hydroxylation is 1.